The largest absolute Gasteiger partial charge is 0.462 e. The van der Waals surface area contributed by atoms with Crippen LogP contribution in [0.1, 0.15) is 12.5 Å². The van der Waals surface area contributed by atoms with Gasteiger partial charge in [-0.2, -0.15) is 5.26 Å². The minimum atomic E-state index is -0.621. The van der Waals surface area contributed by atoms with Crippen LogP contribution in [0.4, 0.5) is 0 Å². The summed E-state index contributed by atoms with van der Waals surface area (Å²) in [7, 11) is 0. The number of ether oxygens (including phenoxy) is 1. The molecular weight excluding hydrogens is 328 g/mol. The maximum Gasteiger partial charge on any atom is 0.350 e. The molecule has 1 N–H and O–H groups in total. The lowest BCUT2D eigenvalue weighted by atomic mass is 10.2. The molecule has 0 bridgehead atoms. The summed E-state index contributed by atoms with van der Waals surface area (Å²) in [5, 5.41) is 12.0. The van der Waals surface area contributed by atoms with Gasteiger partial charge in [-0.05, 0) is 36.8 Å². The molecule has 6 heteroatoms. The molecule has 0 saturated heterocycles. The van der Waals surface area contributed by atoms with Gasteiger partial charge in [0.15, 0.2) is 5.57 Å². The number of benzene rings is 2. The van der Waals surface area contributed by atoms with Crippen molar-refractivity contribution in [2.24, 2.45) is 0 Å². The second-order valence-corrected chi connectivity index (χ2v) is 5.54. The number of aromatic nitrogens is 2. The summed E-state index contributed by atoms with van der Waals surface area (Å²) in [6.07, 6.45) is 3.19. The van der Waals surface area contributed by atoms with Crippen molar-refractivity contribution in [2.45, 2.75) is 13.5 Å². The molecule has 1 aromatic heterocycles. The number of nitrogens with zero attached hydrogens (tertiary/aromatic N) is 3. The zero-order valence-corrected chi connectivity index (χ0v) is 14.3. The Labute approximate surface area is 151 Å². The summed E-state index contributed by atoms with van der Waals surface area (Å²) in [5.74, 6) is -0.621. The summed E-state index contributed by atoms with van der Waals surface area (Å²) in [6.45, 7) is 2.43. The molecule has 6 nitrogen and oxygen atoms in total. The fraction of sp³-hybridized carbons (Fsp3) is 0.150. The van der Waals surface area contributed by atoms with Crippen LogP contribution in [0, 0.1) is 11.3 Å². The Kier molecular flexibility index (Phi) is 5.30. The first-order valence-electron chi connectivity index (χ1n) is 8.25. The Hall–Kier alpha value is -3.59. The average molecular weight is 346 g/mol. The molecule has 1 heterocycles. The van der Waals surface area contributed by atoms with Crippen molar-refractivity contribution in [1.82, 2.24) is 14.9 Å². The van der Waals surface area contributed by atoms with Crippen LogP contribution in [-0.4, -0.2) is 22.1 Å². The molecule has 0 saturated carbocycles. The van der Waals surface area contributed by atoms with Crippen LogP contribution >= 0.6 is 0 Å². The third kappa shape index (κ3) is 3.73. The number of nitriles is 1. The highest BCUT2D eigenvalue weighted by Gasteiger charge is 2.09. The molecule has 3 aromatic rings. The maximum atomic E-state index is 11.5. The van der Waals surface area contributed by atoms with Gasteiger partial charge in [0.1, 0.15) is 12.4 Å². The summed E-state index contributed by atoms with van der Waals surface area (Å²) >= 11 is 0. The molecule has 2 aromatic carbocycles. The van der Waals surface area contributed by atoms with Crippen LogP contribution in [0.15, 0.2) is 66.6 Å². The molecule has 0 spiro atoms. The zero-order valence-electron chi connectivity index (χ0n) is 14.3. The van der Waals surface area contributed by atoms with Gasteiger partial charge in [-0.1, -0.05) is 24.3 Å². The van der Waals surface area contributed by atoms with Crippen LogP contribution in [0.5, 0.6) is 0 Å². The van der Waals surface area contributed by atoms with E-state index in [2.05, 4.69) is 10.3 Å². The summed E-state index contributed by atoms with van der Waals surface area (Å²) in [6, 6.07) is 17.8. The van der Waals surface area contributed by atoms with Gasteiger partial charge < -0.3 is 10.1 Å². The Morgan fingerprint density at radius 3 is 2.77 bits per heavy atom. The third-order valence-electron chi connectivity index (χ3n) is 3.84. The number of esters is 1. The Balaban J connectivity index is 1.69. The smallest absolute Gasteiger partial charge is 0.350 e. The van der Waals surface area contributed by atoms with E-state index in [1.165, 1.54) is 6.20 Å². The summed E-state index contributed by atoms with van der Waals surface area (Å²) in [4.78, 5) is 15.9. The topological polar surface area (TPSA) is 79.9 Å². The number of para-hydroxylation sites is 2. The number of nitrogens with one attached hydrogen (secondary N) is 1. The third-order valence-corrected chi connectivity index (χ3v) is 3.84. The lowest BCUT2D eigenvalue weighted by molar-refractivity contribution is -0.138. The Morgan fingerprint density at radius 1 is 1.27 bits per heavy atom. The van der Waals surface area contributed by atoms with Crippen LogP contribution in [-0.2, 0) is 16.1 Å². The second kappa shape index (κ2) is 7.99. The first-order valence-corrected chi connectivity index (χ1v) is 8.25. The highest BCUT2D eigenvalue weighted by molar-refractivity contribution is 5.92. The monoisotopic (exact) mass is 346 g/mol. The number of carbonyl (C=O) groups is 1. The number of hydrogen-bond donors (Lipinski definition) is 1. The lowest BCUT2D eigenvalue weighted by Crippen LogP contribution is -2.12. The van der Waals surface area contributed by atoms with E-state index >= 15 is 0 Å². The number of rotatable bonds is 6. The number of imidazole rings is 1. The quantitative estimate of drug-likeness (QED) is 0.421. The first-order chi connectivity index (χ1) is 12.7. The van der Waals surface area contributed by atoms with Gasteiger partial charge in [-0.25, -0.2) is 9.78 Å². The number of hydrogen-bond acceptors (Lipinski definition) is 5. The minimum Gasteiger partial charge on any atom is -0.462 e. The molecule has 0 aliphatic rings. The number of fused-ring (bicyclic) bond motifs is 1. The predicted octanol–water partition coefficient (Wildman–Crippen LogP) is 3.09. The van der Waals surface area contributed by atoms with Gasteiger partial charge in [-0.15, -0.1) is 0 Å². The van der Waals surface area contributed by atoms with E-state index in [0.29, 0.717) is 6.54 Å². The zero-order chi connectivity index (χ0) is 18.4. The van der Waals surface area contributed by atoms with Crippen molar-refractivity contribution >= 4 is 17.0 Å². The van der Waals surface area contributed by atoms with E-state index in [0.717, 1.165) is 22.3 Å². The number of carbonyl (C=O) groups excluding carboxylic acids is 1. The van der Waals surface area contributed by atoms with E-state index in [1.54, 1.807) is 13.3 Å². The SMILES string of the molecule is CCOC(=O)/C(C#N)=C/NCc1ccc(-n2cnc3ccccc32)cc1. The van der Waals surface area contributed by atoms with E-state index in [1.807, 2.05) is 59.2 Å². The van der Waals surface area contributed by atoms with Gasteiger partial charge in [0.2, 0.25) is 0 Å². The van der Waals surface area contributed by atoms with E-state index in [9.17, 15) is 4.79 Å². The van der Waals surface area contributed by atoms with Crippen LogP contribution in [0.2, 0.25) is 0 Å². The molecule has 0 radical (unpaired) electrons. The molecule has 0 aliphatic carbocycles. The van der Waals surface area contributed by atoms with E-state index < -0.39 is 5.97 Å². The molecule has 130 valence electrons. The standard InChI is InChI=1S/C20H18N4O2/c1-2-26-20(25)16(11-21)13-22-12-15-7-9-17(10-8-15)24-14-23-18-5-3-4-6-19(18)24/h3-10,13-14,22H,2,12H2,1H3/b16-13+. The normalized spacial score (nSPS) is 11.2. The Morgan fingerprint density at radius 2 is 2.04 bits per heavy atom. The summed E-state index contributed by atoms with van der Waals surface area (Å²) < 4.78 is 6.84. The predicted molar refractivity (Wildman–Crippen MR) is 98.2 cm³/mol. The van der Waals surface area contributed by atoms with Gasteiger partial charge in [0.25, 0.3) is 0 Å². The van der Waals surface area contributed by atoms with Crippen LogP contribution in [0.25, 0.3) is 16.7 Å². The van der Waals surface area contributed by atoms with Crippen molar-refractivity contribution in [3.8, 4) is 11.8 Å². The van der Waals surface area contributed by atoms with Crippen LogP contribution in [0.3, 0.4) is 0 Å². The van der Waals surface area contributed by atoms with Gasteiger partial charge in [0, 0.05) is 18.4 Å². The fourth-order valence-corrected chi connectivity index (χ4v) is 2.56. The van der Waals surface area contributed by atoms with Crippen molar-refractivity contribution in [3.63, 3.8) is 0 Å². The first kappa shape index (κ1) is 17.2. The average Bonchev–Trinajstić information content (AvgIpc) is 3.10. The van der Waals surface area contributed by atoms with Crippen LogP contribution < -0.4 is 5.32 Å². The molecule has 0 atom stereocenters. The van der Waals surface area contributed by atoms with E-state index in [4.69, 9.17) is 10.00 Å². The highest BCUT2D eigenvalue weighted by Crippen LogP contribution is 2.18. The maximum absolute atomic E-state index is 11.5. The second-order valence-electron chi connectivity index (χ2n) is 5.54. The molecule has 26 heavy (non-hydrogen) atoms. The van der Waals surface area contributed by atoms with Crippen molar-refractivity contribution < 1.29 is 9.53 Å². The Bertz CT molecular complexity index is 981. The highest BCUT2D eigenvalue weighted by atomic mass is 16.5. The van der Waals surface area contributed by atoms with Gasteiger partial charge in [0.05, 0.1) is 17.6 Å². The molecule has 0 unspecified atom stereocenters. The molecular formula is C20H18N4O2. The molecule has 0 amide bonds. The minimum absolute atomic E-state index is 0.0478. The van der Waals surface area contributed by atoms with Gasteiger partial charge in [-0.3, -0.25) is 4.57 Å². The van der Waals surface area contributed by atoms with Crippen molar-refractivity contribution in [3.05, 3.63) is 72.2 Å². The molecule has 0 aliphatic heterocycles. The van der Waals surface area contributed by atoms with Gasteiger partial charge >= 0.3 is 5.97 Å². The van der Waals surface area contributed by atoms with Crippen molar-refractivity contribution in [2.75, 3.05) is 6.61 Å². The molecule has 0 fully saturated rings. The van der Waals surface area contributed by atoms with E-state index in [-0.39, 0.29) is 12.2 Å². The molecule has 3 rings (SSSR count). The van der Waals surface area contributed by atoms with Crippen molar-refractivity contribution in [1.29, 1.82) is 5.26 Å². The lowest BCUT2D eigenvalue weighted by Gasteiger charge is -2.07. The fourth-order valence-electron chi connectivity index (χ4n) is 2.56. The summed E-state index contributed by atoms with van der Waals surface area (Å²) in [5.41, 5.74) is 3.99.